The summed E-state index contributed by atoms with van der Waals surface area (Å²) in [4.78, 5) is 0. The fraction of sp³-hybridized carbons (Fsp3) is 0.684. The van der Waals surface area contributed by atoms with Crippen molar-refractivity contribution in [3.05, 3.63) is 35.9 Å². The van der Waals surface area contributed by atoms with Gasteiger partial charge in [0.05, 0.1) is 0 Å². The Bertz CT molecular complexity index is 403. The van der Waals surface area contributed by atoms with Crippen molar-refractivity contribution in [2.45, 2.75) is 69.4 Å². The zero-order chi connectivity index (χ0) is 14.5. The standard InChI is InChI=1S/C19H29NO/c21-14-15-6-10-18(11-7-15)20-19-12-8-17(9-13-19)16-4-2-1-3-5-16/h1-5,15,17-21H,6-14H2. The molecule has 0 atom stereocenters. The van der Waals surface area contributed by atoms with E-state index in [9.17, 15) is 5.11 Å². The average molecular weight is 287 g/mol. The monoisotopic (exact) mass is 287 g/mol. The molecule has 2 N–H and O–H groups in total. The van der Waals surface area contributed by atoms with Crippen LogP contribution in [0, 0.1) is 5.92 Å². The first-order chi connectivity index (χ1) is 10.3. The minimum atomic E-state index is 0.384. The van der Waals surface area contributed by atoms with Crippen molar-refractivity contribution in [2.24, 2.45) is 5.92 Å². The summed E-state index contributed by atoms with van der Waals surface area (Å²) in [5.74, 6) is 1.34. The molecule has 0 aliphatic heterocycles. The predicted octanol–water partition coefficient (Wildman–Crippen LogP) is 3.85. The maximum Gasteiger partial charge on any atom is 0.0459 e. The Morgan fingerprint density at radius 3 is 1.95 bits per heavy atom. The van der Waals surface area contributed by atoms with Gasteiger partial charge in [-0.1, -0.05) is 30.3 Å². The van der Waals surface area contributed by atoms with E-state index in [4.69, 9.17) is 0 Å². The van der Waals surface area contributed by atoms with E-state index in [1.54, 1.807) is 0 Å². The van der Waals surface area contributed by atoms with Gasteiger partial charge in [-0.25, -0.2) is 0 Å². The minimum Gasteiger partial charge on any atom is -0.396 e. The van der Waals surface area contributed by atoms with Gasteiger partial charge in [-0.2, -0.15) is 0 Å². The molecular weight excluding hydrogens is 258 g/mol. The number of hydrogen-bond acceptors (Lipinski definition) is 2. The van der Waals surface area contributed by atoms with Gasteiger partial charge in [0.1, 0.15) is 0 Å². The SMILES string of the molecule is OCC1CCC(NC2CCC(c3ccccc3)CC2)CC1. The summed E-state index contributed by atoms with van der Waals surface area (Å²) in [7, 11) is 0. The highest BCUT2D eigenvalue weighted by molar-refractivity contribution is 5.20. The second kappa shape index (κ2) is 7.42. The van der Waals surface area contributed by atoms with E-state index in [-0.39, 0.29) is 0 Å². The van der Waals surface area contributed by atoms with E-state index >= 15 is 0 Å². The molecule has 2 heteroatoms. The molecule has 0 radical (unpaired) electrons. The van der Waals surface area contributed by atoms with Crippen LogP contribution in [0.4, 0.5) is 0 Å². The largest absolute Gasteiger partial charge is 0.396 e. The Labute approximate surface area is 129 Å². The van der Waals surface area contributed by atoms with E-state index in [1.807, 2.05) is 0 Å². The molecule has 0 saturated heterocycles. The lowest BCUT2D eigenvalue weighted by Crippen LogP contribution is -2.42. The number of aliphatic hydroxyl groups excluding tert-OH is 1. The van der Waals surface area contributed by atoms with Crippen LogP contribution in [0.1, 0.15) is 62.8 Å². The number of aliphatic hydroxyl groups is 1. The van der Waals surface area contributed by atoms with Gasteiger partial charge in [0, 0.05) is 18.7 Å². The van der Waals surface area contributed by atoms with Gasteiger partial charge < -0.3 is 10.4 Å². The summed E-state index contributed by atoms with van der Waals surface area (Å²) in [5, 5.41) is 13.1. The van der Waals surface area contributed by atoms with Crippen molar-refractivity contribution in [1.29, 1.82) is 0 Å². The average Bonchev–Trinajstić information content (AvgIpc) is 2.57. The van der Waals surface area contributed by atoms with Crippen molar-refractivity contribution < 1.29 is 5.11 Å². The molecule has 2 aliphatic rings. The number of rotatable bonds is 4. The van der Waals surface area contributed by atoms with Crippen molar-refractivity contribution >= 4 is 0 Å². The highest BCUT2D eigenvalue weighted by Gasteiger charge is 2.26. The van der Waals surface area contributed by atoms with E-state index in [2.05, 4.69) is 35.6 Å². The van der Waals surface area contributed by atoms with Crippen LogP contribution >= 0.6 is 0 Å². The Kier molecular flexibility index (Phi) is 5.32. The van der Waals surface area contributed by atoms with Gasteiger partial charge in [0.15, 0.2) is 0 Å². The van der Waals surface area contributed by atoms with E-state index in [1.165, 1.54) is 56.9 Å². The van der Waals surface area contributed by atoms with Crippen LogP contribution in [0.5, 0.6) is 0 Å². The van der Waals surface area contributed by atoms with Gasteiger partial charge in [0.2, 0.25) is 0 Å². The Morgan fingerprint density at radius 2 is 1.38 bits per heavy atom. The minimum absolute atomic E-state index is 0.384. The number of benzene rings is 1. The molecule has 2 fully saturated rings. The normalized spacial score (nSPS) is 33.8. The van der Waals surface area contributed by atoms with Gasteiger partial charge in [0.25, 0.3) is 0 Å². The van der Waals surface area contributed by atoms with E-state index in [0.717, 1.165) is 12.0 Å². The molecule has 21 heavy (non-hydrogen) atoms. The fourth-order valence-corrected chi connectivity index (χ4v) is 4.16. The van der Waals surface area contributed by atoms with Crippen LogP contribution < -0.4 is 5.32 Å². The molecule has 1 aromatic carbocycles. The maximum atomic E-state index is 9.22. The lowest BCUT2D eigenvalue weighted by molar-refractivity contribution is 0.167. The third kappa shape index (κ3) is 4.08. The molecule has 2 aliphatic carbocycles. The van der Waals surface area contributed by atoms with Crippen molar-refractivity contribution in [2.75, 3.05) is 6.61 Å². The molecular formula is C19H29NO. The number of nitrogens with one attached hydrogen (secondary N) is 1. The molecule has 2 nitrogen and oxygen atoms in total. The second-order valence-corrected chi connectivity index (χ2v) is 7.03. The molecule has 0 aromatic heterocycles. The molecule has 2 saturated carbocycles. The molecule has 0 amide bonds. The van der Waals surface area contributed by atoms with E-state index in [0.29, 0.717) is 18.6 Å². The van der Waals surface area contributed by atoms with Gasteiger partial charge in [-0.05, 0) is 68.8 Å². The summed E-state index contributed by atoms with van der Waals surface area (Å²) in [6, 6.07) is 12.4. The fourth-order valence-electron chi connectivity index (χ4n) is 4.16. The lowest BCUT2D eigenvalue weighted by atomic mass is 9.80. The summed E-state index contributed by atoms with van der Waals surface area (Å²) in [5.41, 5.74) is 1.53. The third-order valence-electron chi connectivity index (χ3n) is 5.57. The van der Waals surface area contributed by atoms with Gasteiger partial charge in [-0.15, -0.1) is 0 Å². The summed E-state index contributed by atoms with van der Waals surface area (Å²) in [6.45, 7) is 0.384. The first-order valence-corrected chi connectivity index (χ1v) is 8.77. The van der Waals surface area contributed by atoms with Crippen LogP contribution in [0.2, 0.25) is 0 Å². The Morgan fingerprint density at radius 1 is 0.810 bits per heavy atom. The van der Waals surface area contributed by atoms with Crippen LogP contribution in [0.25, 0.3) is 0 Å². The zero-order valence-corrected chi connectivity index (χ0v) is 13.0. The van der Waals surface area contributed by atoms with Crippen LogP contribution in [-0.2, 0) is 0 Å². The first kappa shape index (κ1) is 15.1. The Hall–Kier alpha value is -0.860. The molecule has 0 unspecified atom stereocenters. The van der Waals surface area contributed by atoms with Crippen molar-refractivity contribution in [1.82, 2.24) is 5.32 Å². The molecule has 116 valence electrons. The van der Waals surface area contributed by atoms with Crippen molar-refractivity contribution in [3.8, 4) is 0 Å². The third-order valence-corrected chi connectivity index (χ3v) is 5.57. The smallest absolute Gasteiger partial charge is 0.0459 e. The Balaban J connectivity index is 1.42. The molecule has 0 spiro atoms. The van der Waals surface area contributed by atoms with Crippen LogP contribution in [0.3, 0.4) is 0 Å². The summed E-state index contributed by atoms with van der Waals surface area (Å²) < 4.78 is 0. The zero-order valence-electron chi connectivity index (χ0n) is 13.0. The van der Waals surface area contributed by atoms with Gasteiger partial charge in [-0.3, -0.25) is 0 Å². The molecule has 1 aromatic rings. The molecule has 3 rings (SSSR count). The number of hydrogen-bond donors (Lipinski definition) is 2. The quantitative estimate of drug-likeness (QED) is 0.881. The second-order valence-electron chi connectivity index (χ2n) is 7.03. The van der Waals surface area contributed by atoms with Crippen LogP contribution in [0.15, 0.2) is 30.3 Å². The van der Waals surface area contributed by atoms with Crippen molar-refractivity contribution in [3.63, 3.8) is 0 Å². The molecule has 0 heterocycles. The molecule has 0 bridgehead atoms. The highest BCUT2D eigenvalue weighted by Crippen LogP contribution is 2.33. The first-order valence-electron chi connectivity index (χ1n) is 8.77. The lowest BCUT2D eigenvalue weighted by Gasteiger charge is -2.35. The summed E-state index contributed by atoms with van der Waals surface area (Å²) >= 11 is 0. The summed E-state index contributed by atoms with van der Waals surface area (Å²) in [6.07, 6.45) is 10.2. The predicted molar refractivity (Wildman–Crippen MR) is 87.4 cm³/mol. The van der Waals surface area contributed by atoms with E-state index < -0.39 is 0 Å². The highest BCUT2D eigenvalue weighted by atomic mass is 16.3. The van der Waals surface area contributed by atoms with Crippen LogP contribution in [-0.4, -0.2) is 23.8 Å². The topological polar surface area (TPSA) is 32.3 Å². The van der Waals surface area contributed by atoms with Gasteiger partial charge >= 0.3 is 0 Å². The maximum absolute atomic E-state index is 9.22.